The van der Waals surface area contributed by atoms with Gasteiger partial charge in [-0.1, -0.05) is 54.1 Å². The summed E-state index contributed by atoms with van der Waals surface area (Å²) in [6.45, 7) is 14.0. The fourth-order valence-corrected chi connectivity index (χ4v) is 5.81. The van der Waals surface area contributed by atoms with Crippen LogP contribution in [0.4, 0.5) is 5.13 Å². The van der Waals surface area contributed by atoms with Gasteiger partial charge < -0.3 is 15.0 Å². The Bertz CT molecular complexity index is 1390. The number of aryl methyl sites for hydroxylation is 1. The normalized spacial score (nSPS) is 11.3. The van der Waals surface area contributed by atoms with Crippen molar-refractivity contribution in [2.24, 2.45) is 0 Å². The number of amides is 1. The zero-order chi connectivity index (χ0) is 29.4. The highest BCUT2D eigenvalue weighted by Gasteiger charge is 2.19. The Labute approximate surface area is 249 Å². The fourth-order valence-electron chi connectivity index (χ4n) is 4.95. The third-order valence-electron chi connectivity index (χ3n) is 7.26. The maximum Gasteiger partial charge on any atom is 0.251 e. The largest absolute Gasteiger partial charge is 0.496 e. The number of benzene rings is 3. The number of thiazole rings is 1. The number of aromatic nitrogens is 1. The molecule has 0 radical (unpaired) electrons. The first-order valence-electron chi connectivity index (χ1n) is 14.3. The second kappa shape index (κ2) is 14.3. The lowest BCUT2D eigenvalue weighted by Crippen LogP contribution is -2.42. The first-order valence-corrected chi connectivity index (χ1v) is 15.2. The van der Waals surface area contributed by atoms with Crippen molar-refractivity contribution in [1.29, 1.82) is 0 Å². The van der Waals surface area contributed by atoms with Crippen LogP contribution < -0.4 is 15.0 Å². The Morgan fingerprint density at radius 1 is 0.902 bits per heavy atom. The number of methoxy groups -OCH3 is 1. The Morgan fingerprint density at radius 2 is 1.56 bits per heavy atom. The number of nitrogens with zero attached hydrogens (tertiary/aromatic N) is 3. The minimum atomic E-state index is -0.0696. The molecule has 7 heteroatoms. The predicted molar refractivity (Wildman–Crippen MR) is 171 cm³/mol. The van der Waals surface area contributed by atoms with Gasteiger partial charge in [0, 0.05) is 54.8 Å². The van der Waals surface area contributed by atoms with Gasteiger partial charge in [0.05, 0.1) is 12.8 Å². The van der Waals surface area contributed by atoms with Crippen LogP contribution in [-0.4, -0.2) is 48.1 Å². The molecule has 4 aromatic rings. The lowest BCUT2D eigenvalue weighted by molar-refractivity contribution is 0.0951. The van der Waals surface area contributed by atoms with Crippen molar-refractivity contribution in [2.75, 3.05) is 25.1 Å². The topological polar surface area (TPSA) is 57.7 Å². The summed E-state index contributed by atoms with van der Waals surface area (Å²) in [7, 11) is 1.69. The van der Waals surface area contributed by atoms with Gasteiger partial charge in [-0.15, -0.1) is 11.3 Å². The van der Waals surface area contributed by atoms with Crippen LogP contribution in [0, 0.1) is 6.92 Å². The van der Waals surface area contributed by atoms with E-state index in [1.54, 1.807) is 18.4 Å². The molecule has 0 aliphatic carbocycles. The van der Waals surface area contributed by atoms with Crippen molar-refractivity contribution in [2.45, 2.75) is 59.8 Å². The second-order valence-electron chi connectivity index (χ2n) is 10.9. The SMILES string of the molecule is COc1ccccc1-c1csc(N(CCN(C(C)C)C(C)C)Cc2ccc(C(=O)NCc3ccc(C)cc3)cc2)n1. The molecule has 41 heavy (non-hydrogen) atoms. The molecule has 0 fully saturated rings. The van der Waals surface area contributed by atoms with Gasteiger partial charge in [-0.3, -0.25) is 9.69 Å². The number of ether oxygens (including phenoxy) is 1. The number of nitrogens with one attached hydrogen (secondary N) is 1. The molecule has 1 amide bonds. The van der Waals surface area contributed by atoms with Crippen LogP contribution in [0.1, 0.15) is 54.7 Å². The standard InChI is InChI=1S/C34H42N4O2S/c1-24(2)38(25(3)4)20-19-37(34-36-31(23-41-34)30-9-7-8-10-32(30)40-6)22-28-15-17-29(18-16-28)33(39)35-21-27-13-11-26(5)12-14-27/h7-18,23-25H,19-22H2,1-6H3,(H,35,39). The quantitative estimate of drug-likeness (QED) is 0.185. The lowest BCUT2D eigenvalue weighted by atomic mass is 10.1. The van der Waals surface area contributed by atoms with Crippen molar-refractivity contribution in [3.05, 3.63) is 100 Å². The van der Waals surface area contributed by atoms with E-state index in [0.717, 1.165) is 46.4 Å². The minimum Gasteiger partial charge on any atom is -0.496 e. The molecule has 1 N–H and O–H groups in total. The van der Waals surface area contributed by atoms with E-state index in [0.29, 0.717) is 30.7 Å². The molecule has 3 aromatic carbocycles. The van der Waals surface area contributed by atoms with Crippen molar-refractivity contribution >= 4 is 22.4 Å². The summed E-state index contributed by atoms with van der Waals surface area (Å²) in [5, 5.41) is 6.10. The molecule has 0 atom stereocenters. The molecule has 0 saturated carbocycles. The number of rotatable bonds is 13. The van der Waals surface area contributed by atoms with E-state index in [2.05, 4.69) is 67.2 Å². The van der Waals surface area contributed by atoms with E-state index in [-0.39, 0.29) is 5.91 Å². The van der Waals surface area contributed by atoms with Crippen LogP contribution in [0.2, 0.25) is 0 Å². The molecule has 0 saturated heterocycles. The maximum absolute atomic E-state index is 12.8. The van der Waals surface area contributed by atoms with E-state index < -0.39 is 0 Å². The molecule has 0 spiro atoms. The molecule has 1 aromatic heterocycles. The Balaban J connectivity index is 1.49. The molecule has 6 nitrogen and oxygen atoms in total. The summed E-state index contributed by atoms with van der Waals surface area (Å²) in [5.41, 5.74) is 5.99. The highest BCUT2D eigenvalue weighted by Crippen LogP contribution is 2.33. The number of carbonyl (C=O) groups excluding carboxylic acids is 1. The molecule has 0 unspecified atom stereocenters. The number of hydrogen-bond acceptors (Lipinski definition) is 6. The summed E-state index contributed by atoms with van der Waals surface area (Å²) in [6, 6.07) is 25.0. The van der Waals surface area contributed by atoms with Crippen LogP contribution in [0.15, 0.2) is 78.2 Å². The molecule has 4 rings (SSSR count). The molecule has 1 heterocycles. The number of hydrogen-bond donors (Lipinski definition) is 1. The minimum absolute atomic E-state index is 0.0696. The highest BCUT2D eigenvalue weighted by molar-refractivity contribution is 7.14. The van der Waals surface area contributed by atoms with Gasteiger partial charge in [0.1, 0.15) is 5.75 Å². The first-order chi connectivity index (χ1) is 19.7. The van der Waals surface area contributed by atoms with Gasteiger partial charge >= 0.3 is 0 Å². The van der Waals surface area contributed by atoms with Crippen molar-refractivity contribution in [1.82, 2.24) is 15.2 Å². The van der Waals surface area contributed by atoms with Crippen LogP contribution in [0.25, 0.3) is 11.3 Å². The van der Waals surface area contributed by atoms with Gasteiger partial charge in [0.25, 0.3) is 5.91 Å². The molecule has 0 aliphatic rings. The zero-order valence-corrected chi connectivity index (χ0v) is 25.9. The second-order valence-corrected chi connectivity index (χ2v) is 11.8. The fraction of sp³-hybridized carbons (Fsp3) is 0.353. The van der Waals surface area contributed by atoms with Crippen molar-refractivity contribution < 1.29 is 9.53 Å². The van der Waals surface area contributed by atoms with Gasteiger partial charge in [-0.05, 0) is 70.0 Å². The van der Waals surface area contributed by atoms with Crippen LogP contribution in [-0.2, 0) is 13.1 Å². The maximum atomic E-state index is 12.8. The van der Waals surface area contributed by atoms with Crippen molar-refractivity contribution in [3.8, 4) is 17.0 Å². The van der Waals surface area contributed by atoms with Gasteiger partial charge in [0.15, 0.2) is 5.13 Å². The predicted octanol–water partition coefficient (Wildman–Crippen LogP) is 7.18. The average molecular weight is 571 g/mol. The van der Waals surface area contributed by atoms with Crippen molar-refractivity contribution in [3.63, 3.8) is 0 Å². The summed E-state index contributed by atoms with van der Waals surface area (Å²) < 4.78 is 5.59. The first kappa shape index (κ1) is 30.3. The number of anilines is 1. The highest BCUT2D eigenvalue weighted by atomic mass is 32.1. The Morgan fingerprint density at radius 3 is 2.22 bits per heavy atom. The zero-order valence-electron chi connectivity index (χ0n) is 25.1. The Hall–Kier alpha value is -3.68. The third kappa shape index (κ3) is 8.18. The summed E-state index contributed by atoms with van der Waals surface area (Å²) in [4.78, 5) is 22.7. The summed E-state index contributed by atoms with van der Waals surface area (Å²) in [6.07, 6.45) is 0. The molecule has 0 bridgehead atoms. The smallest absolute Gasteiger partial charge is 0.251 e. The van der Waals surface area contributed by atoms with Crippen LogP contribution >= 0.6 is 11.3 Å². The van der Waals surface area contributed by atoms with Gasteiger partial charge in [-0.25, -0.2) is 4.98 Å². The van der Waals surface area contributed by atoms with Gasteiger partial charge in [-0.2, -0.15) is 0 Å². The molecular weight excluding hydrogens is 528 g/mol. The molecule has 0 aliphatic heterocycles. The van der Waals surface area contributed by atoms with E-state index >= 15 is 0 Å². The summed E-state index contributed by atoms with van der Waals surface area (Å²) >= 11 is 1.65. The Kier molecular flexibility index (Phi) is 10.6. The van der Waals surface area contributed by atoms with Gasteiger partial charge in [0.2, 0.25) is 0 Å². The number of para-hydroxylation sites is 1. The van der Waals surface area contributed by atoms with E-state index in [1.807, 2.05) is 60.7 Å². The molecule has 216 valence electrons. The number of carbonyl (C=O) groups is 1. The van der Waals surface area contributed by atoms with E-state index in [4.69, 9.17) is 9.72 Å². The third-order valence-corrected chi connectivity index (χ3v) is 8.16. The van der Waals surface area contributed by atoms with E-state index in [9.17, 15) is 4.79 Å². The molecular formula is C34H42N4O2S. The average Bonchev–Trinajstić information content (AvgIpc) is 3.46. The lowest BCUT2D eigenvalue weighted by Gasteiger charge is -2.33. The van der Waals surface area contributed by atoms with Crippen LogP contribution in [0.5, 0.6) is 5.75 Å². The van der Waals surface area contributed by atoms with Crippen LogP contribution in [0.3, 0.4) is 0 Å². The summed E-state index contributed by atoms with van der Waals surface area (Å²) in [5.74, 6) is 0.748. The van der Waals surface area contributed by atoms with E-state index in [1.165, 1.54) is 5.56 Å². The monoisotopic (exact) mass is 570 g/mol.